The molecular weight excluding hydrogens is 773 g/mol. The van der Waals surface area contributed by atoms with E-state index in [-0.39, 0.29) is 41.8 Å². The van der Waals surface area contributed by atoms with Crippen molar-refractivity contribution in [2.75, 3.05) is 6.54 Å². The number of halogens is 2. The fraction of sp³-hybridized carbons (Fsp3) is 0.308. The lowest BCUT2D eigenvalue weighted by molar-refractivity contribution is -0.0801. The van der Waals surface area contributed by atoms with Crippen molar-refractivity contribution in [1.82, 2.24) is 4.90 Å². The van der Waals surface area contributed by atoms with Gasteiger partial charge in [0.25, 0.3) is 0 Å². The van der Waals surface area contributed by atoms with Gasteiger partial charge in [-0.25, -0.2) is 9.18 Å². The standard InChI is InChI=1S/C52H51ClFNO5/c1-34-10-9-26-51(2)46(43-24-20-35(28-40(56)22-19-34)29-44(43)49(57)31-45-47(53)17-8-18-48(45)54)25-27-52(51,59)33-55(32-39-15-7-14-37-12-5-6-16-42(37)39)50(58)60-41-23-21-36-11-3-4-13-38(36)30-41/h3-8,10-18,20-21,23-24,29-30,40,46,56,59H,9,19,22,25-28,31-33H2,1-2H3. The molecule has 9 rings (SSSR count). The van der Waals surface area contributed by atoms with Crippen molar-refractivity contribution in [1.29, 1.82) is 0 Å². The molecule has 4 unspecified atom stereocenters. The van der Waals surface area contributed by atoms with E-state index in [1.165, 1.54) is 12.1 Å². The Morgan fingerprint density at radius 3 is 2.43 bits per heavy atom. The summed E-state index contributed by atoms with van der Waals surface area (Å²) in [6.45, 7) is 4.34. The molecule has 0 spiro atoms. The summed E-state index contributed by atoms with van der Waals surface area (Å²) in [7, 11) is 0. The summed E-state index contributed by atoms with van der Waals surface area (Å²) >= 11 is 6.44. The molecule has 4 atom stereocenters. The minimum atomic E-state index is -1.41. The molecule has 60 heavy (non-hydrogen) atoms. The van der Waals surface area contributed by atoms with Crippen molar-refractivity contribution in [3.63, 3.8) is 0 Å². The molecule has 3 aliphatic rings. The smallest absolute Gasteiger partial charge is 0.410 e. The molecule has 6 nitrogen and oxygen atoms in total. The Kier molecular flexibility index (Phi) is 12.0. The molecule has 1 amide bonds. The van der Waals surface area contributed by atoms with E-state index in [2.05, 4.69) is 19.9 Å². The number of carbonyl (C=O) groups is 2. The van der Waals surface area contributed by atoms with E-state index in [1.54, 1.807) is 17.0 Å². The fourth-order valence-corrected chi connectivity index (χ4v) is 9.96. The Hall–Kier alpha value is -5.34. The molecule has 0 heterocycles. The number of carbonyl (C=O) groups excluding carboxylic acids is 2. The highest BCUT2D eigenvalue weighted by molar-refractivity contribution is 6.31. The van der Waals surface area contributed by atoms with Gasteiger partial charge in [-0.3, -0.25) is 4.79 Å². The molecule has 308 valence electrons. The molecule has 6 aromatic rings. The zero-order valence-electron chi connectivity index (χ0n) is 34.2. The van der Waals surface area contributed by atoms with Gasteiger partial charge in [-0.05, 0) is 126 Å². The van der Waals surface area contributed by atoms with E-state index in [0.29, 0.717) is 56.3 Å². The van der Waals surface area contributed by atoms with Crippen molar-refractivity contribution < 1.29 is 28.9 Å². The van der Waals surface area contributed by atoms with Crippen LogP contribution >= 0.6 is 11.6 Å². The van der Waals surface area contributed by atoms with Crippen LogP contribution in [-0.2, 0) is 19.4 Å². The minimum absolute atomic E-state index is 0.0171. The average molecular weight is 824 g/mol. The second kappa shape index (κ2) is 17.3. The minimum Gasteiger partial charge on any atom is -0.410 e. The van der Waals surface area contributed by atoms with Crippen molar-refractivity contribution in [3.8, 4) is 5.75 Å². The number of Topliss-reactive ketones (excluding diaryl/α,β-unsaturated/α-hetero) is 1. The summed E-state index contributed by atoms with van der Waals surface area (Å²) in [5.41, 5.74) is 1.99. The molecule has 8 heteroatoms. The van der Waals surface area contributed by atoms with Crippen LogP contribution in [0.25, 0.3) is 21.5 Å². The van der Waals surface area contributed by atoms with Crippen LogP contribution in [0.4, 0.5) is 9.18 Å². The Morgan fingerprint density at radius 2 is 1.62 bits per heavy atom. The highest BCUT2D eigenvalue weighted by Crippen LogP contribution is 2.59. The molecule has 2 bridgehead atoms. The van der Waals surface area contributed by atoms with Crippen molar-refractivity contribution in [3.05, 3.63) is 172 Å². The van der Waals surface area contributed by atoms with Gasteiger partial charge >= 0.3 is 6.09 Å². The van der Waals surface area contributed by atoms with E-state index in [0.717, 1.165) is 43.8 Å². The summed E-state index contributed by atoms with van der Waals surface area (Å²) in [6, 6.07) is 37.7. The lowest BCUT2D eigenvalue weighted by atomic mass is 9.64. The third-order valence-corrected chi connectivity index (χ3v) is 13.6. The first-order valence-corrected chi connectivity index (χ1v) is 21.4. The van der Waals surface area contributed by atoms with Crippen molar-refractivity contribution >= 4 is 45.0 Å². The Balaban J connectivity index is 1.20. The number of benzene rings is 6. The molecule has 0 radical (unpaired) electrons. The normalized spacial score (nSPS) is 21.9. The largest absolute Gasteiger partial charge is 0.415 e. The number of hydrogen-bond donors (Lipinski definition) is 2. The quantitative estimate of drug-likeness (QED) is 0.118. The third kappa shape index (κ3) is 8.49. The maximum absolute atomic E-state index is 15.1. The average Bonchev–Trinajstić information content (AvgIpc) is 3.49. The van der Waals surface area contributed by atoms with Gasteiger partial charge in [0.05, 0.1) is 18.2 Å². The van der Waals surface area contributed by atoms with Crippen LogP contribution in [0.2, 0.25) is 5.02 Å². The van der Waals surface area contributed by atoms with Gasteiger partial charge in [0, 0.05) is 34.5 Å². The highest BCUT2D eigenvalue weighted by atomic mass is 35.5. The number of amides is 1. The fourth-order valence-electron chi connectivity index (χ4n) is 9.73. The number of aliphatic hydroxyl groups excluding tert-OH is 1. The third-order valence-electron chi connectivity index (χ3n) is 13.2. The van der Waals surface area contributed by atoms with E-state index >= 15 is 4.39 Å². The van der Waals surface area contributed by atoms with Gasteiger partial charge in [-0.15, -0.1) is 0 Å². The number of allylic oxidation sites excluding steroid dienone is 2. The van der Waals surface area contributed by atoms with Crippen molar-refractivity contribution in [2.45, 2.75) is 89.4 Å². The number of ketones is 1. The highest BCUT2D eigenvalue weighted by Gasteiger charge is 2.58. The van der Waals surface area contributed by atoms with Crippen molar-refractivity contribution in [2.24, 2.45) is 5.41 Å². The van der Waals surface area contributed by atoms with Crippen LogP contribution in [0, 0.1) is 11.2 Å². The number of rotatable bonds is 8. The van der Waals surface area contributed by atoms with Crippen LogP contribution < -0.4 is 4.74 Å². The first-order valence-electron chi connectivity index (χ1n) is 21.0. The maximum atomic E-state index is 15.1. The summed E-state index contributed by atoms with van der Waals surface area (Å²) in [5, 5.41) is 28.6. The molecule has 0 aromatic heterocycles. The first kappa shape index (κ1) is 41.4. The number of hydrogen-bond acceptors (Lipinski definition) is 5. The summed E-state index contributed by atoms with van der Waals surface area (Å²) in [4.78, 5) is 30.7. The van der Waals surface area contributed by atoms with Gasteiger partial charge in [0.15, 0.2) is 5.78 Å². The zero-order chi connectivity index (χ0) is 42.0. The summed E-state index contributed by atoms with van der Waals surface area (Å²) in [6.07, 6.45) is 4.52. The molecular formula is C52H51ClFNO5. The van der Waals surface area contributed by atoms with E-state index in [9.17, 15) is 19.8 Å². The predicted octanol–water partition coefficient (Wildman–Crippen LogP) is 12.0. The van der Waals surface area contributed by atoms with Crippen LogP contribution in [-0.4, -0.2) is 45.2 Å². The molecule has 3 aliphatic carbocycles. The van der Waals surface area contributed by atoms with Gasteiger partial charge in [0.2, 0.25) is 0 Å². The molecule has 1 fully saturated rings. The monoisotopic (exact) mass is 823 g/mol. The van der Waals surface area contributed by atoms with Crippen LogP contribution in [0.1, 0.15) is 90.9 Å². The Bertz CT molecular complexity index is 2580. The molecule has 0 aliphatic heterocycles. The Morgan fingerprint density at radius 1 is 0.867 bits per heavy atom. The zero-order valence-corrected chi connectivity index (χ0v) is 34.9. The van der Waals surface area contributed by atoms with Gasteiger partial charge < -0.3 is 19.8 Å². The lowest BCUT2D eigenvalue weighted by Gasteiger charge is -2.46. The summed E-state index contributed by atoms with van der Waals surface area (Å²) < 4.78 is 21.3. The van der Waals surface area contributed by atoms with Crippen LogP contribution in [0.15, 0.2) is 133 Å². The van der Waals surface area contributed by atoms with Gasteiger partial charge in [-0.1, -0.05) is 121 Å². The number of fused-ring (bicyclic) bond motifs is 10. The molecule has 6 aromatic carbocycles. The molecule has 1 saturated carbocycles. The number of nitrogens with zero attached hydrogens (tertiary/aromatic N) is 1. The van der Waals surface area contributed by atoms with E-state index in [1.807, 2.05) is 97.1 Å². The second-order valence-electron chi connectivity index (χ2n) is 17.1. The predicted molar refractivity (Wildman–Crippen MR) is 237 cm³/mol. The molecule has 0 saturated heterocycles. The number of aliphatic hydroxyl groups is 2. The Labute approximate surface area is 356 Å². The van der Waals surface area contributed by atoms with Gasteiger partial charge in [-0.2, -0.15) is 0 Å². The van der Waals surface area contributed by atoms with E-state index < -0.39 is 29.0 Å². The number of ether oxygens (including phenoxy) is 1. The van der Waals surface area contributed by atoms with E-state index in [4.69, 9.17) is 16.3 Å². The second-order valence-corrected chi connectivity index (χ2v) is 17.5. The SMILES string of the molecule is CC1=CCCC2(C)C(CCC2(O)CN(Cc2cccc3ccccc23)C(=O)Oc2ccc3ccccc3c2)c2ccc(cc2C(=O)Cc2c(F)cccc2Cl)CC(O)CC1. The summed E-state index contributed by atoms with van der Waals surface area (Å²) in [5.74, 6) is -0.726. The maximum Gasteiger partial charge on any atom is 0.415 e. The topological polar surface area (TPSA) is 87.1 Å². The van der Waals surface area contributed by atoms with Gasteiger partial charge in [0.1, 0.15) is 11.6 Å². The van der Waals surface area contributed by atoms with Crippen LogP contribution in [0.3, 0.4) is 0 Å². The lowest BCUT2D eigenvalue weighted by Crippen LogP contribution is -2.54. The molecule has 2 N–H and O–H groups in total. The van der Waals surface area contributed by atoms with Crippen LogP contribution in [0.5, 0.6) is 5.75 Å². The first-order chi connectivity index (χ1) is 28.9.